The number of nitrogen functional groups attached to an aromatic ring is 2. The van der Waals surface area contributed by atoms with Crippen molar-refractivity contribution < 1.29 is 37.5 Å². The van der Waals surface area contributed by atoms with Crippen LogP contribution in [0.1, 0.15) is 16.7 Å². The van der Waals surface area contributed by atoms with E-state index in [1.54, 1.807) is 0 Å². The van der Waals surface area contributed by atoms with Crippen LogP contribution in [0, 0.1) is 21.4 Å². The highest BCUT2D eigenvalue weighted by atomic mass is 19.4. The van der Waals surface area contributed by atoms with Crippen LogP contribution < -0.4 is 20.9 Å². The van der Waals surface area contributed by atoms with Crippen LogP contribution in [0.15, 0.2) is 12.1 Å². The molecule has 0 atom stereocenters. The van der Waals surface area contributed by atoms with Crippen molar-refractivity contribution >= 4 is 23.2 Å². The Morgan fingerprint density at radius 1 is 1.43 bits per heavy atom. The lowest BCUT2D eigenvalue weighted by Gasteiger charge is -2.23. The van der Waals surface area contributed by atoms with Gasteiger partial charge in [-0.15, -0.1) is 0 Å². The number of aliphatic carboxylic acids is 1. The summed E-state index contributed by atoms with van der Waals surface area (Å²) in [7, 11) is 1.38. The van der Waals surface area contributed by atoms with Crippen LogP contribution in [-0.2, 0) is 11.2 Å². The Hall–Kier alpha value is -4.28. The monoisotopic (exact) mass is 427 g/mol. The summed E-state index contributed by atoms with van der Waals surface area (Å²) in [5, 5.41) is 27.2. The fourth-order valence-corrected chi connectivity index (χ4v) is 2.44. The third-order valence-corrected chi connectivity index (χ3v) is 3.80. The number of hydrogen-bond acceptors (Lipinski definition) is 9. The SMILES string of the molecule is COc1cc([N+](=O)[O-])cc2c1Oc1nc(N)c(C#N)c(N)c1C2.O=C(O)C(F)(F)F. The first-order chi connectivity index (χ1) is 13.9. The molecule has 1 aliphatic heterocycles. The first-order valence-electron chi connectivity index (χ1n) is 7.71. The number of nitriles is 1. The third-order valence-electron chi connectivity index (χ3n) is 3.80. The molecule has 11 nitrogen and oxygen atoms in total. The molecule has 0 spiro atoms. The molecular weight excluding hydrogens is 415 g/mol. The Kier molecular flexibility index (Phi) is 5.86. The van der Waals surface area contributed by atoms with E-state index in [9.17, 15) is 23.3 Å². The van der Waals surface area contributed by atoms with Gasteiger partial charge in [-0.2, -0.15) is 23.4 Å². The normalized spacial score (nSPS) is 11.6. The van der Waals surface area contributed by atoms with Gasteiger partial charge in [-0.1, -0.05) is 0 Å². The number of benzene rings is 1. The molecule has 158 valence electrons. The second-order valence-electron chi connectivity index (χ2n) is 5.66. The minimum atomic E-state index is -5.08. The van der Waals surface area contributed by atoms with Crippen LogP contribution in [0.3, 0.4) is 0 Å². The molecule has 5 N–H and O–H groups in total. The van der Waals surface area contributed by atoms with E-state index in [0.29, 0.717) is 16.9 Å². The molecule has 30 heavy (non-hydrogen) atoms. The smallest absolute Gasteiger partial charge is 0.490 e. The highest BCUT2D eigenvalue weighted by Crippen LogP contribution is 2.46. The van der Waals surface area contributed by atoms with Crippen LogP contribution in [0.25, 0.3) is 0 Å². The molecule has 1 aliphatic rings. The highest BCUT2D eigenvalue weighted by molar-refractivity contribution is 5.74. The summed E-state index contributed by atoms with van der Waals surface area (Å²) < 4.78 is 42.6. The maximum Gasteiger partial charge on any atom is 0.490 e. The number of anilines is 2. The molecule has 0 radical (unpaired) electrons. The van der Waals surface area contributed by atoms with Gasteiger partial charge in [0.15, 0.2) is 11.5 Å². The predicted octanol–water partition coefficient (Wildman–Crippen LogP) is 2.36. The molecule has 0 aliphatic carbocycles. The predicted molar refractivity (Wildman–Crippen MR) is 94.0 cm³/mol. The average Bonchev–Trinajstić information content (AvgIpc) is 2.66. The maximum atomic E-state index is 11.0. The number of carboxylic acid groups (broad SMARTS) is 1. The number of carbonyl (C=O) groups is 1. The number of halogens is 3. The van der Waals surface area contributed by atoms with Gasteiger partial charge in [0.2, 0.25) is 5.88 Å². The molecule has 1 aromatic carbocycles. The van der Waals surface area contributed by atoms with Crippen molar-refractivity contribution in [3.8, 4) is 23.4 Å². The number of pyridine rings is 1. The zero-order valence-corrected chi connectivity index (χ0v) is 15.0. The molecular formula is C16H12F3N5O6. The van der Waals surface area contributed by atoms with Gasteiger partial charge in [0.1, 0.15) is 17.5 Å². The number of alkyl halides is 3. The Morgan fingerprint density at radius 3 is 2.50 bits per heavy atom. The van der Waals surface area contributed by atoms with E-state index in [-0.39, 0.29) is 40.8 Å². The molecule has 3 rings (SSSR count). The topological polar surface area (TPSA) is 188 Å². The van der Waals surface area contributed by atoms with Gasteiger partial charge in [0, 0.05) is 23.6 Å². The molecule has 2 heterocycles. The molecule has 0 saturated carbocycles. The number of nitrogens with zero attached hydrogens (tertiary/aromatic N) is 3. The maximum absolute atomic E-state index is 11.0. The van der Waals surface area contributed by atoms with Crippen LogP contribution in [0.5, 0.6) is 17.4 Å². The van der Waals surface area contributed by atoms with Crippen molar-refractivity contribution in [3.63, 3.8) is 0 Å². The number of nitro benzene ring substituents is 1. The minimum absolute atomic E-state index is 0.0342. The highest BCUT2D eigenvalue weighted by Gasteiger charge is 2.38. The summed E-state index contributed by atoms with van der Waals surface area (Å²) in [4.78, 5) is 23.4. The number of rotatable bonds is 2. The van der Waals surface area contributed by atoms with Gasteiger partial charge in [0.25, 0.3) is 5.69 Å². The number of carboxylic acids is 1. The summed E-state index contributed by atoms with van der Waals surface area (Å²) >= 11 is 0. The number of methoxy groups -OCH3 is 1. The van der Waals surface area contributed by atoms with Gasteiger partial charge < -0.3 is 26.0 Å². The molecule has 2 aromatic rings. The molecule has 0 fully saturated rings. The Balaban J connectivity index is 0.000000396. The van der Waals surface area contributed by atoms with Crippen molar-refractivity contribution in [2.75, 3.05) is 18.6 Å². The fourth-order valence-electron chi connectivity index (χ4n) is 2.44. The number of fused-ring (bicyclic) bond motifs is 2. The van der Waals surface area contributed by atoms with E-state index >= 15 is 0 Å². The van der Waals surface area contributed by atoms with Gasteiger partial charge in [-0.25, -0.2) is 4.79 Å². The van der Waals surface area contributed by atoms with Crippen LogP contribution in [0.2, 0.25) is 0 Å². The van der Waals surface area contributed by atoms with Crippen molar-refractivity contribution in [2.45, 2.75) is 12.6 Å². The first kappa shape index (κ1) is 22.0. The molecule has 0 saturated heterocycles. The van der Waals surface area contributed by atoms with E-state index in [2.05, 4.69) is 4.98 Å². The summed E-state index contributed by atoms with van der Waals surface area (Å²) in [6.07, 6.45) is -4.86. The van der Waals surface area contributed by atoms with Crippen molar-refractivity contribution in [1.29, 1.82) is 5.26 Å². The summed E-state index contributed by atoms with van der Waals surface area (Å²) in [6, 6.07) is 4.53. The number of ether oxygens (including phenoxy) is 2. The van der Waals surface area contributed by atoms with Crippen molar-refractivity contribution in [1.82, 2.24) is 4.98 Å². The number of nitrogens with two attached hydrogens (primary N) is 2. The van der Waals surface area contributed by atoms with Crippen LogP contribution in [-0.4, -0.2) is 34.3 Å². The van der Waals surface area contributed by atoms with Crippen LogP contribution in [0.4, 0.5) is 30.4 Å². The van der Waals surface area contributed by atoms with Crippen LogP contribution >= 0.6 is 0 Å². The Labute approximate surface area is 165 Å². The second kappa shape index (κ2) is 7.99. The third kappa shape index (κ3) is 4.24. The van der Waals surface area contributed by atoms with E-state index in [0.717, 1.165) is 0 Å². The molecule has 14 heteroatoms. The quantitative estimate of drug-likeness (QED) is 0.404. The Morgan fingerprint density at radius 2 is 2.03 bits per heavy atom. The lowest BCUT2D eigenvalue weighted by atomic mass is 9.98. The number of hydrogen-bond donors (Lipinski definition) is 3. The molecule has 0 amide bonds. The average molecular weight is 427 g/mol. The minimum Gasteiger partial charge on any atom is -0.493 e. The van der Waals surface area contributed by atoms with Gasteiger partial charge in [-0.05, 0) is 0 Å². The van der Waals surface area contributed by atoms with Crippen molar-refractivity contribution in [3.05, 3.63) is 38.9 Å². The number of nitro groups is 1. The van der Waals surface area contributed by atoms with Gasteiger partial charge >= 0.3 is 12.1 Å². The molecule has 0 unspecified atom stereocenters. The van der Waals surface area contributed by atoms with E-state index in [4.69, 9.17) is 36.1 Å². The lowest BCUT2D eigenvalue weighted by Crippen LogP contribution is -2.21. The van der Waals surface area contributed by atoms with E-state index < -0.39 is 17.1 Å². The summed E-state index contributed by atoms with van der Waals surface area (Å²) in [5.41, 5.74) is 12.7. The van der Waals surface area contributed by atoms with Gasteiger partial charge in [-0.3, -0.25) is 10.1 Å². The number of aromatic nitrogens is 1. The Bertz CT molecular complexity index is 1080. The fraction of sp³-hybridized carbons (Fsp3) is 0.188. The van der Waals surface area contributed by atoms with E-state index in [1.165, 1.54) is 19.2 Å². The first-order valence-corrected chi connectivity index (χ1v) is 7.71. The second-order valence-corrected chi connectivity index (χ2v) is 5.66. The zero-order chi connectivity index (χ0) is 22.8. The molecule has 1 aromatic heterocycles. The number of non-ortho nitro benzene ring substituents is 1. The summed E-state index contributed by atoms with van der Waals surface area (Å²) in [6.45, 7) is 0. The van der Waals surface area contributed by atoms with E-state index in [1.807, 2.05) is 6.07 Å². The molecule has 0 bridgehead atoms. The largest absolute Gasteiger partial charge is 0.493 e. The standard InChI is InChI=1S/C14H11N5O4.C2HF3O2/c1-22-10-4-7(19(20)21)2-6-3-8-11(16)9(5-15)13(17)18-14(8)23-12(6)10;3-2(4,5)1(6)7/h2,4H,3H2,1H3,(H4,16,17,18);(H,6,7). The summed E-state index contributed by atoms with van der Waals surface area (Å²) in [5.74, 6) is -2.09. The lowest BCUT2D eigenvalue weighted by molar-refractivity contribution is -0.385. The van der Waals surface area contributed by atoms with Gasteiger partial charge in [0.05, 0.1) is 23.8 Å². The van der Waals surface area contributed by atoms with Crippen molar-refractivity contribution in [2.24, 2.45) is 0 Å². The zero-order valence-electron chi connectivity index (χ0n) is 15.0.